The molecule has 0 radical (unpaired) electrons. The third-order valence-corrected chi connectivity index (χ3v) is 3.39. The summed E-state index contributed by atoms with van der Waals surface area (Å²) in [6.07, 6.45) is 2.22. The molecular formula is C7H17O3P. The topological polar surface area (TPSA) is 35.5 Å². The molecular weight excluding hydrogens is 163 g/mol. The Morgan fingerprint density at radius 1 is 1.27 bits per heavy atom. The summed E-state index contributed by atoms with van der Waals surface area (Å²) >= 11 is 0. The summed E-state index contributed by atoms with van der Waals surface area (Å²) in [5.41, 5.74) is 0. The van der Waals surface area contributed by atoms with Crippen molar-refractivity contribution in [3.05, 3.63) is 0 Å². The van der Waals surface area contributed by atoms with Gasteiger partial charge in [0.2, 0.25) is 0 Å². The zero-order valence-corrected chi connectivity index (χ0v) is 8.39. The molecule has 0 aliphatic rings. The fraction of sp³-hybridized carbons (Fsp3) is 1.00. The van der Waals surface area contributed by atoms with Gasteiger partial charge in [0.15, 0.2) is 0 Å². The van der Waals surface area contributed by atoms with E-state index in [1.54, 1.807) is 0 Å². The van der Waals surface area contributed by atoms with Crippen LogP contribution in [-0.4, -0.2) is 19.9 Å². The molecule has 0 fully saturated rings. The van der Waals surface area contributed by atoms with Crippen LogP contribution in [0.25, 0.3) is 0 Å². The van der Waals surface area contributed by atoms with Gasteiger partial charge in [-0.25, -0.2) is 0 Å². The minimum absolute atomic E-state index is 0.517. The number of hydrogen-bond acceptors (Lipinski definition) is 3. The lowest BCUT2D eigenvalue weighted by Crippen LogP contribution is -1.97. The van der Waals surface area contributed by atoms with Gasteiger partial charge >= 0.3 is 7.60 Å². The van der Waals surface area contributed by atoms with E-state index in [4.69, 9.17) is 9.05 Å². The molecule has 0 bridgehead atoms. The molecule has 0 spiro atoms. The van der Waals surface area contributed by atoms with E-state index in [1.165, 1.54) is 7.11 Å². The quantitative estimate of drug-likeness (QED) is 0.589. The molecule has 0 aromatic carbocycles. The van der Waals surface area contributed by atoms with E-state index in [-0.39, 0.29) is 0 Å². The predicted molar refractivity (Wildman–Crippen MR) is 46.0 cm³/mol. The standard InChI is InChI=1S/C7H17O3P/c1-4-6-10-11(8,9-3)7-5-2/h4-7H2,1-3H3. The molecule has 0 saturated carbocycles. The summed E-state index contributed by atoms with van der Waals surface area (Å²) in [5.74, 6) is 0. The van der Waals surface area contributed by atoms with E-state index in [0.29, 0.717) is 12.8 Å². The van der Waals surface area contributed by atoms with E-state index < -0.39 is 7.60 Å². The molecule has 0 aliphatic carbocycles. The molecule has 1 unspecified atom stereocenters. The Kier molecular flexibility index (Phi) is 5.83. The van der Waals surface area contributed by atoms with E-state index in [2.05, 4.69) is 0 Å². The Balaban J connectivity index is 3.79. The molecule has 0 amide bonds. The maximum absolute atomic E-state index is 11.5. The van der Waals surface area contributed by atoms with Crippen molar-refractivity contribution in [2.45, 2.75) is 26.7 Å². The summed E-state index contributed by atoms with van der Waals surface area (Å²) in [5, 5.41) is 0. The van der Waals surface area contributed by atoms with Crippen molar-refractivity contribution in [3.8, 4) is 0 Å². The highest BCUT2D eigenvalue weighted by molar-refractivity contribution is 7.53. The van der Waals surface area contributed by atoms with Gasteiger partial charge in [-0.2, -0.15) is 0 Å². The normalized spacial score (nSPS) is 16.3. The molecule has 0 aromatic heterocycles. The van der Waals surface area contributed by atoms with Crippen LogP contribution in [0.1, 0.15) is 26.7 Å². The zero-order valence-electron chi connectivity index (χ0n) is 7.50. The zero-order chi connectivity index (χ0) is 8.74. The molecule has 68 valence electrons. The van der Waals surface area contributed by atoms with Crippen molar-refractivity contribution < 1.29 is 13.6 Å². The van der Waals surface area contributed by atoms with E-state index in [9.17, 15) is 4.57 Å². The predicted octanol–water partition coefficient (Wildman–Crippen LogP) is 2.66. The van der Waals surface area contributed by atoms with E-state index in [0.717, 1.165) is 12.8 Å². The summed E-state index contributed by atoms with van der Waals surface area (Å²) in [7, 11) is -1.28. The smallest absolute Gasteiger partial charge is 0.312 e. The number of rotatable bonds is 6. The highest BCUT2D eigenvalue weighted by atomic mass is 31.2. The van der Waals surface area contributed by atoms with Gasteiger partial charge in [-0.3, -0.25) is 4.57 Å². The van der Waals surface area contributed by atoms with Gasteiger partial charge in [-0.15, -0.1) is 0 Å². The van der Waals surface area contributed by atoms with Crippen LogP contribution in [0.5, 0.6) is 0 Å². The molecule has 4 heteroatoms. The summed E-state index contributed by atoms with van der Waals surface area (Å²) in [4.78, 5) is 0. The lowest BCUT2D eigenvalue weighted by Gasteiger charge is -2.14. The van der Waals surface area contributed by atoms with Crippen molar-refractivity contribution in [2.24, 2.45) is 0 Å². The van der Waals surface area contributed by atoms with Gasteiger partial charge in [0.05, 0.1) is 6.61 Å². The number of hydrogen-bond donors (Lipinski definition) is 0. The van der Waals surface area contributed by atoms with Crippen molar-refractivity contribution in [3.63, 3.8) is 0 Å². The second-order valence-corrected chi connectivity index (χ2v) is 4.64. The molecule has 3 nitrogen and oxygen atoms in total. The van der Waals surface area contributed by atoms with Crippen molar-refractivity contribution in [2.75, 3.05) is 19.9 Å². The molecule has 0 aromatic rings. The Morgan fingerprint density at radius 2 is 1.91 bits per heavy atom. The van der Waals surface area contributed by atoms with Crippen LogP contribution in [0.4, 0.5) is 0 Å². The lowest BCUT2D eigenvalue weighted by molar-refractivity contribution is 0.234. The fourth-order valence-corrected chi connectivity index (χ4v) is 2.14. The second kappa shape index (κ2) is 5.76. The van der Waals surface area contributed by atoms with Crippen molar-refractivity contribution in [1.82, 2.24) is 0 Å². The van der Waals surface area contributed by atoms with Crippen molar-refractivity contribution in [1.29, 1.82) is 0 Å². The third kappa shape index (κ3) is 4.57. The minimum Gasteiger partial charge on any atom is -0.312 e. The van der Waals surface area contributed by atoms with Crippen molar-refractivity contribution >= 4 is 7.60 Å². The van der Waals surface area contributed by atoms with Crippen LogP contribution in [0.2, 0.25) is 0 Å². The molecule has 0 aliphatic heterocycles. The van der Waals surface area contributed by atoms with E-state index in [1.807, 2.05) is 13.8 Å². The monoisotopic (exact) mass is 180 g/mol. The Bertz CT molecular complexity index is 136. The average Bonchev–Trinajstić information content (AvgIpc) is 2.02. The van der Waals surface area contributed by atoms with Crippen LogP contribution in [0.3, 0.4) is 0 Å². The Hall–Kier alpha value is 0.150. The molecule has 0 rings (SSSR count). The van der Waals surface area contributed by atoms with Gasteiger partial charge in [0, 0.05) is 13.3 Å². The van der Waals surface area contributed by atoms with Gasteiger partial charge in [0.25, 0.3) is 0 Å². The molecule has 0 saturated heterocycles. The summed E-state index contributed by atoms with van der Waals surface area (Å²) in [6.45, 7) is 4.46. The summed E-state index contributed by atoms with van der Waals surface area (Å²) in [6, 6.07) is 0. The fourth-order valence-electron chi connectivity index (χ4n) is 0.713. The Morgan fingerprint density at radius 3 is 2.27 bits per heavy atom. The Labute approximate surface area is 68.6 Å². The first-order chi connectivity index (χ1) is 5.18. The van der Waals surface area contributed by atoms with Crippen LogP contribution in [-0.2, 0) is 13.6 Å². The first-order valence-electron chi connectivity index (χ1n) is 3.98. The SMILES string of the molecule is CCCOP(=O)(CCC)OC. The maximum atomic E-state index is 11.5. The van der Waals surface area contributed by atoms with Crippen LogP contribution < -0.4 is 0 Å². The second-order valence-electron chi connectivity index (χ2n) is 2.35. The highest BCUT2D eigenvalue weighted by Crippen LogP contribution is 2.47. The molecule has 11 heavy (non-hydrogen) atoms. The molecule has 0 heterocycles. The van der Waals surface area contributed by atoms with E-state index >= 15 is 0 Å². The van der Waals surface area contributed by atoms with Gasteiger partial charge in [0.1, 0.15) is 0 Å². The van der Waals surface area contributed by atoms with Crippen LogP contribution in [0.15, 0.2) is 0 Å². The van der Waals surface area contributed by atoms with Gasteiger partial charge in [-0.1, -0.05) is 13.8 Å². The highest BCUT2D eigenvalue weighted by Gasteiger charge is 2.20. The third-order valence-electron chi connectivity index (χ3n) is 1.27. The van der Waals surface area contributed by atoms with Gasteiger partial charge < -0.3 is 9.05 Å². The molecule has 1 atom stereocenters. The van der Waals surface area contributed by atoms with Crippen LogP contribution >= 0.6 is 7.60 Å². The molecule has 0 N–H and O–H groups in total. The van der Waals surface area contributed by atoms with Crippen LogP contribution in [0, 0.1) is 0 Å². The summed E-state index contributed by atoms with van der Waals surface area (Å²) < 4.78 is 21.4. The lowest BCUT2D eigenvalue weighted by atomic mass is 10.5. The average molecular weight is 180 g/mol. The van der Waals surface area contributed by atoms with Gasteiger partial charge in [-0.05, 0) is 12.8 Å². The minimum atomic E-state index is -2.72. The first-order valence-corrected chi connectivity index (χ1v) is 5.70. The maximum Gasteiger partial charge on any atom is 0.330 e. The first kappa shape index (κ1) is 11.2. The largest absolute Gasteiger partial charge is 0.330 e.